The number of anilines is 1. The highest BCUT2D eigenvalue weighted by molar-refractivity contribution is 6.01. The summed E-state index contributed by atoms with van der Waals surface area (Å²) in [5.41, 5.74) is 1.79. The molecule has 0 spiro atoms. The van der Waals surface area contributed by atoms with Crippen LogP contribution >= 0.6 is 0 Å². The molecule has 6 heteroatoms. The van der Waals surface area contributed by atoms with Crippen molar-refractivity contribution >= 4 is 23.4 Å². The summed E-state index contributed by atoms with van der Waals surface area (Å²) >= 11 is 0. The zero-order chi connectivity index (χ0) is 19.5. The zero-order valence-corrected chi connectivity index (χ0v) is 16.4. The third-order valence-corrected chi connectivity index (χ3v) is 6.39. The number of imide groups is 1. The van der Waals surface area contributed by atoms with Crippen molar-refractivity contribution in [1.29, 1.82) is 0 Å². The molecule has 1 saturated carbocycles. The van der Waals surface area contributed by atoms with Crippen LogP contribution < -0.4 is 10.2 Å². The summed E-state index contributed by atoms with van der Waals surface area (Å²) in [7, 11) is 0. The molecule has 0 aromatic heterocycles. The van der Waals surface area contributed by atoms with Gasteiger partial charge in [-0.3, -0.25) is 24.6 Å². The van der Waals surface area contributed by atoms with E-state index in [1.165, 1.54) is 32.1 Å². The molecule has 3 fully saturated rings. The SMILES string of the molecule is O=C1CCC(c2ccc(N3CCN(CC4CCCCC4)CC3=O)cc2)C(=O)N1. The molecule has 1 atom stereocenters. The molecule has 2 aliphatic heterocycles. The first-order valence-corrected chi connectivity index (χ1v) is 10.6. The van der Waals surface area contributed by atoms with E-state index in [1.54, 1.807) is 0 Å². The van der Waals surface area contributed by atoms with Gasteiger partial charge in [0.25, 0.3) is 0 Å². The van der Waals surface area contributed by atoms with Gasteiger partial charge in [0.1, 0.15) is 0 Å². The number of nitrogens with one attached hydrogen (secondary N) is 1. The Bertz CT molecular complexity index is 740. The van der Waals surface area contributed by atoms with Crippen LogP contribution in [0.1, 0.15) is 56.4 Å². The van der Waals surface area contributed by atoms with Crippen molar-refractivity contribution in [2.24, 2.45) is 5.92 Å². The maximum Gasteiger partial charge on any atom is 0.241 e. The fourth-order valence-electron chi connectivity index (χ4n) is 4.78. The standard InChI is InChI=1S/C22H29N3O3/c26-20-11-10-19(22(28)23-20)17-6-8-18(9-7-17)25-13-12-24(15-21(25)27)14-16-4-2-1-3-5-16/h6-9,16,19H,1-5,10-15H2,(H,23,26,28). The third kappa shape index (κ3) is 4.27. The Balaban J connectivity index is 1.35. The molecular weight excluding hydrogens is 354 g/mol. The van der Waals surface area contributed by atoms with Gasteiger partial charge in [-0.15, -0.1) is 0 Å². The average Bonchev–Trinajstić information content (AvgIpc) is 2.69. The lowest BCUT2D eigenvalue weighted by Crippen LogP contribution is -2.51. The molecule has 0 bridgehead atoms. The molecule has 150 valence electrons. The molecule has 4 rings (SSSR count). The molecule has 1 unspecified atom stereocenters. The van der Waals surface area contributed by atoms with Gasteiger partial charge in [0.2, 0.25) is 17.7 Å². The maximum absolute atomic E-state index is 12.7. The van der Waals surface area contributed by atoms with Crippen LogP contribution in [0.15, 0.2) is 24.3 Å². The van der Waals surface area contributed by atoms with Crippen molar-refractivity contribution < 1.29 is 14.4 Å². The van der Waals surface area contributed by atoms with Crippen molar-refractivity contribution in [3.63, 3.8) is 0 Å². The van der Waals surface area contributed by atoms with Crippen LogP contribution in [0, 0.1) is 5.92 Å². The van der Waals surface area contributed by atoms with Crippen LogP contribution in [0.3, 0.4) is 0 Å². The van der Waals surface area contributed by atoms with Gasteiger partial charge in [0.05, 0.1) is 12.5 Å². The number of carbonyl (C=O) groups is 3. The van der Waals surface area contributed by atoms with Crippen LogP contribution in [0.5, 0.6) is 0 Å². The number of carbonyl (C=O) groups excluding carboxylic acids is 3. The van der Waals surface area contributed by atoms with E-state index in [2.05, 4.69) is 10.2 Å². The number of piperidine rings is 1. The number of piperazine rings is 1. The Morgan fingerprint density at radius 2 is 1.68 bits per heavy atom. The van der Waals surface area contributed by atoms with Gasteiger partial charge in [-0.05, 0) is 42.9 Å². The summed E-state index contributed by atoms with van der Waals surface area (Å²) in [6.45, 7) is 3.17. The van der Waals surface area contributed by atoms with E-state index < -0.39 is 0 Å². The average molecular weight is 383 g/mol. The number of hydrogen-bond acceptors (Lipinski definition) is 4. The fraction of sp³-hybridized carbons (Fsp3) is 0.591. The van der Waals surface area contributed by atoms with Crippen molar-refractivity contribution in [3.05, 3.63) is 29.8 Å². The predicted molar refractivity (Wildman–Crippen MR) is 107 cm³/mol. The molecule has 3 amide bonds. The molecule has 2 heterocycles. The minimum Gasteiger partial charge on any atom is -0.310 e. The normalized spacial score (nSPS) is 25.1. The molecular formula is C22H29N3O3. The Kier molecular flexibility index (Phi) is 5.76. The number of benzene rings is 1. The highest BCUT2D eigenvalue weighted by Crippen LogP contribution is 2.28. The molecule has 1 aliphatic carbocycles. The van der Waals surface area contributed by atoms with Crippen molar-refractivity contribution in [1.82, 2.24) is 10.2 Å². The summed E-state index contributed by atoms with van der Waals surface area (Å²) in [6, 6.07) is 7.68. The summed E-state index contributed by atoms with van der Waals surface area (Å²) in [6.07, 6.45) is 7.54. The number of nitrogens with zero attached hydrogens (tertiary/aromatic N) is 2. The van der Waals surface area contributed by atoms with Crippen LogP contribution in [0.4, 0.5) is 5.69 Å². The highest BCUT2D eigenvalue weighted by Gasteiger charge is 2.29. The van der Waals surface area contributed by atoms with Crippen LogP contribution in [0.25, 0.3) is 0 Å². The minimum absolute atomic E-state index is 0.149. The lowest BCUT2D eigenvalue weighted by molar-refractivity contribution is -0.134. The molecule has 28 heavy (non-hydrogen) atoms. The summed E-state index contributed by atoms with van der Waals surface area (Å²) in [4.78, 5) is 40.2. The Morgan fingerprint density at radius 1 is 0.929 bits per heavy atom. The molecule has 3 aliphatic rings. The largest absolute Gasteiger partial charge is 0.310 e. The van der Waals surface area contributed by atoms with Gasteiger partial charge in [-0.2, -0.15) is 0 Å². The van der Waals surface area contributed by atoms with Crippen molar-refractivity contribution in [2.45, 2.75) is 50.9 Å². The van der Waals surface area contributed by atoms with E-state index in [0.717, 1.165) is 30.3 Å². The number of amides is 3. The maximum atomic E-state index is 12.7. The van der Waals surface area contributed by atoms with E-state index in [1.807, 2.05) is 29.2 Å². The lowest BCUT2D eigenvalue weighted by atomic mass is 9.89. The van der Waals surface area contributed by atoms with Gasteiger partial charge in [0, 0.05) is 31.7 Å². The zero-order valence-electron chi connectivity index (χ0n) is 16.4. The van der Waals surface area contributed by atoms with Crippen LogP contribution in [0.2, 0.25) is 0 Å². The first kappa shape index (κ1) is 19.1. The topological polar surface area (TPSA) is 69.7 Å². The molecule has 1 aromatic carbocycles. The van der Waals surface area contributed by atoms with Gasteiger partial charge < -0.3 is 4.90 Å². The van der Waals surface area contributed by atoms with Crippen LogP contribution in [-0.4, -0.2) is 48.8 Å². The molecule has 6 nitrogen and oxygen atoms in total. The minimum atomic E-state index is -0.283. The van der Waals surface area contributed by atoms with E-state index in [9.17, 15) is 14.4 Å². The van der Waals surface area contributed by atoms with Gasteiger partial charge in [-0.1, -0.05) is 31.4 Å². The first-order chi connectivity index (χ1) is 13.6. The number of hydrogen-bond donors (Lipinski definition) is 1. The second-order valence-electron chi connectivity index (χ2n) is 8.38. The van der Waals surface area contributed by atoms with E-state index >= 15 is 0 Å². The predicted octanol–water partition coefficient (Wildman–Crippen LogP) is 2.44. The van der Waals surface area contributed by atoms with Gasteiger partial charge >= 0.3 is 0 Å². The third-order valence-electron chi connectivity index (χ3n) is 6.39. The van der Waals surface area contributed by atoms with E-state index in [0.29, 0.717) is 25.9 Å². The second kappa shape index (κ2) is 8.43. The molecule has 1 N–H and O–H groups in total. The highest BCUT2D eigenvalue weighted by atomic mass is 16.2. The summed E-state index contributed by atoms with van der Waals surface area (Å²) < 4.78 is 0. The van der Waals surface area contributed by atoms with Gasteiger partial charge in [0.15, 0.2) is 0 Å². The summed E-state index contributed by atoms with van der Waals surface area (Å²) in [5.74, 6) is 0.192. The van der Waals surface area contributed by atoms with E-state index in [4.69, 9.17) is 0 Å². The monoisotopic (exact) mass is 383 g/mol. The molecule has 1 aromatic rings. The molecule has 0 radical (unpaired) electrons. The summed E-state index contributed by atoms with van der Waals surface area (Å²) in [5, 5.41) is 2.40. The van der Waals surface area contributed by atoms with Crippen molar-refractivity contribution in [3.8, 4) is 0 Å². The molecule has 2 saturated heterocycles. The van der Waals surface area contributed by atoms with E-state index in [-0.39, 0.29) is 23.6 Å². The Labute approximate surface area is 166 Å². The van der Waals surface area contributed by atoms with Gasteiger partial charge in [-0.25, -0.2) is 0 Å². The second-order valence-corrected chi connectivity index (χ2v) is 8.38. The lowest BCUT2D eigenvalue weighted by Gasteiger charge is -2.37. The Hall–Kier alpha value is -2.21. The number of rotatable bonds is 4. The smallest absolute Gasteiger partial charge is 0.241 e. The first-order valence-electron chi connectivity index (χ1n) is 10.6. The quantitative estimate of drug-likeness (QED) is 0.811. The van der Waals surface area contributed by atoms with Crippen molar-refractivity contribution in [2.75, 3.05) is 31.1 Å². The van der Waals surface area contributed by atoms with Crippen LogP contribution in [-0.2, 0) is 14.4 Å². The Morgan fingerprint density at radius 3 is 2.36 bits per heavy atom. The fourth-order valence-corrected chi connectivity index (χ4v) is 4.78.